The van der Waals surface area contributed by atoms with Crippen LogP contribution in [0.25, 0.3) is 0 Å². The van der Waals surface area contributed by atoms with Crippen molar-refractivity contribution in [3.05, 3.63) is 0 Å². The summed E-state index contributed by atoms with van der Waals surface area (Å²) in [6.45, 7) is 9.35. The fraction of sp³-hybridized carbons (Fsp3) is 0.933. The maximum atomic E-state index is 12.8. The van der Waals surface area contributed by atoms with Gasteiger partial charge in [0.2, 0.25) is 0 Å². The van der Waals surface area contributed by atoms with E-state index in [0.29, 0.717) is 29.5 Å². The maximum Gasteiger partial charge on any atom is 0.143 e. The van der Waals surface area contributed by atoms with Gasteiger partial charge < -0.3 is 0 Å². The molecule has 16 heavy (non-hydrogen) atoms. The predicted molar refractivity (Wildman–Crippen MR) is 65.0 cm³/mol. The van der Waals surface area contributed by atoms with Crippen LogP contribution in [0, 0.1) is 34.5 Å². The van der Waals surface area contributed by atoms with Gasteiger partial charge in [0, 0.05) is 11.3 Å². The average molecular weight is 220 g/mol. The minimum atomic E-state index is 0.0979. The van der Waals surface area contributed by atoms with Crippen LogP contribution in [0.15, 0.2) is 0 Å². The molecule has 1 spiro atoms. The molecule has 1 nitrogen and oxygen atoms in total. The molecule has 1 heteroatoms. The summed E-state index contributed by atoms with van der Waals surface area (Å²) in [6, 6.07) is 0. The molecule has 0 aromatic carbocycles. The fourth-order valence-corrected chi connectivity index (χ4v) is 5.74. The molecule has 0 aromatic heterocycles. The van der Waals surface area contributed by atoms with Gasteiger partial charge in [-0.3, -0.25) is 4.79 Å². The summed E-state index contributed by atoms with van der Waals surface area (Å²) in [6.07, 6.45) is 5.03. The van der Waals surface area contributed by atoms with E-state index in [2.05, 4.69) is 27.7 Å². The zero-order valence-corrected chi connectivity index (χ0v) is 11.0. The van der Waals surface area contributed by atoms with E-state index >= 15 is 0 Å². The predicted octanol–water partition coefficient (Wildman–Crippen LogP) is 3.67. The number of Topliss-reactive ketones (excluding diaryl/α,β-unsaturated/α-hetero) is 1. The van der Waals surface area contributed by atoms with E-state index in [1.807, 2.05) is 0 Å². The number of carbonyl (C=O) groups excluding carboxylic acids is 1. The quantitative estimate of drug-likeness (QED) is 0.608. The van der Waals surface area contributed by atoms with E-state index in [4.69, 9.17) is 0 Å². The molecule has 3 aliphatic carbocycles. The van der Waals surface area contributed by atoms with Crippen molar-refractivity contribution < 1.29 is 4.79 Å². The zero-order valence-electron chi connectivity index (χ0n) is 11.0. The lowest BCUT2D eigenvalue weighted by atomic mass is 9.65. The summed E-state index contributed by atoms with van der Waals surface area (Å²) in [5.74, 6) is 2.94. The third kappa shape index (κ3) is 0.926. The second-order valence-corrected chi connectivity index (χ2v) is 7.25. The van der Waals surface area contributed by atoms with Gasteiger partial charge in [-0.05, 0) is 48.9 Å². The fourth-order valence-electron chi connectivity index (χ4n) is 5.74. The van der Waals surface area contributed by atoms with Crippen LogP contribution in [0.1, 0.15) is 53.4 Å². The molecule has 0 aliphatic heterocycles. The number of carbonyl (C=O) groups is 1. The van der Waals surface area contributed by atoms with Crippen LogP contribution >= 0.6 is 0 Å². The molecule has 3 rings (SSSR count). The van der Waals surface area contributed by atoms with E-state index in [-0.39, 0.29) is 10.8 Å². The number of rotatable bonds is 0. The molecular weight excluding hydrogens is 196 g/mol. The Morgan fingerprint density at radius 2 is 1.81 bits per heavy atom. The molecule has 3 fully saturated rings. The Morgan fingerprint density at radius 1 is 1.12 bits per heavy atom. The maximum absolute atomic E-state index is 12.8. The van der Waals surface area contributed by atoms with Gasteiger partial charge in [0.1, 0.15) is 5.78 Å². The Labute approximate surface area is 99.0 Å². The molecule has 90 valence electrons. The third-order valence-electron chi connectivity index (χ3n) is 6.41. The smallest absolute Gasteiger partial charge is 0.143 e. The first-order valence-electron chi connectivity index (χ1n) is 6.96. The summed E-state index contributed by atoms with van der Waals surface area (Å²) < 4.78 is 0. The Hall–Kier alpha value is -0.330. The van der Waals surface area contributed by atoms with Crippen molar-refractivity contribution in [3.63, 3.8) is 0 Å². The second kappa shape index (κ2) is 2.91. The standard InChI is InChI=1S/C15H24O/c1-9-7-8-15-10(2)5-6-11(15)14(3,4)12(9)13(15)16/h9-12H,5-8H2,1-4H3/t9-,10-,11+,12-,15+/m1/s1. The molecule has 0 radical (unpaired) electrons. The number of hydrogen-bond acceptors (Lipinski definition) is 1. The van der Waals surface area contributed by atoms with Crippen LogP contribution in [-0.2, 0) is 4.79 Å². The van der Waals surface area contributed by atoms with Crippen molar-refractivity contribution in [2.24, 2.45) is 34.5 Å². The van der Waals surface area contributed by atoms with E-state index in [9.17, 15) is 4.79 Å². The number of fused-ring (bicyclic) bond motifs is 1. The van der Waals surface area contributed by atoms with Crippen LogP contribution in [0.5, 0.6) is 0 Å². The summed E-state index contributed by atoms with van der Waals surface area (Å²) in [7, 11) is 0. The molecule has 0 amide bonds. The Kier molecular flexibility index (Phi) is 1.97. The molecule has 5 atom stereocenters. The Morgan fingerprint density at radius 3 is 2.50 bits per heavy atom. The van der Waals surface area contributed by atoms with Crippen LogP contribution in [0.2, 0.25) is 0 Å². The number of hydrogen-bond donors (Lipinski definition) is 0. The van der Waals surface area contributed by atoms with Crippen LogP contribution < -0.4 is 0 Å². The van der Waals surface area contributed by atoms with Crippen LogP contribution in [-0.4, -0.2) is 5.78 Å². The molecule has 0 aromatic rings. The minimum absolute atomic E-state index is 0.0979. The lowest BCUT2D eigenvalue weighted by Gasteiger charge is -2.37. The van der Waals surface area contributed by atoms with Crippen LogP contribution in [0.3, 0.4) is 0 Å². The highest BCUT2D eigenvalue weighted by Gasteiger charge is 2.69. The van der Waals surface area contributed by atoms with Crippen molar-refractivity contribution in [1.82, 2.24) is 0 Å². The van der Waals surface area contributed by atoms with Crippen molar-refractivity contribution >= 4 is 5.78 Å². The molecule has 0 N–H and O–H groups in total. The average Bonchev–Trinajstić information content (AvgIpc) is 2.56. The summed E-state index contributed by atoms with van der Waals surface area (Å²) in [5, 5.41) is 0. The number of ketones is 1. The normalized spacial score (nSPS) is 54.1. The molecular formula is C15H24O. The van der Waals surface area contributed by atoms with Gasteiger partial charge in [-0.25, -0.2) is 0 Å². The zero-order chi connectivity index (χ0) is 11.7. The Balaban J connectivity index is 2.15. The summed E-state index contributed by atoms with van der Waals surface area (Å²) in [5.41, 5.74) is 0.360. The monoisotopic (exact) mass is 220 g/mol. The molecule has 3 aliphatic rings. The van der Waals surface area contributed by atoms with Gasteiger partial charge in [0.15, 0.2) is 0 Å². The van der Waals surface area contributed by atoms with E-state index < -0.39 is 0 Å². The second-order valence-electron chi connectivity index (χ2n) is 7.25. The van der Waals surface area contributed by atoms with Crippen molar-refractivity contribution in [3.8, 4) is 0 Å². The highest BCUT2D eigenvalue weighted by atomic mass is 16.1. The van der Waals surface area contributed by atoms with Crippen molar-refractivity contribution in [2.45, 2.75) is 53.4 Å². The first-order valence-corrected chi connectivity index (χ1v) is 6.96. The minimum Gasteiger partial charge on any atom is -0.299 e. The topological polar surface area (TPSA) is 17.1 Å². The van der Waals surface area contributed by atoms with E-state index in [1.54, 1.807) is 0 Å². The van der Waals surface area contributed by atoms with Gasteiger partial charge in [0.05, 0.1) is 0 Å². The lowest BCUT2D eigenvalue weighted by Crippen LogP contribution is -2.40. The summed E-state index contributed by atoms with van der Waals surface area (Å²) >= 11 is 0. The van der Waals surface area contributed by atoms with Crippen LogP contribution in [0.4, 0.5) is 0 Å². The van der Waals surface area contributed by atoms with Crippen molar-refractivity contribution in [2.75, 3.05) is 0 Å². The van der Waals surface area contributed by atoms with Gasteiger partial charge in [-0.15, -0.1) is 0 Å². The van der Waals surface area contributed by atoms with Crippen molar-refractivity contribution in [1.29, 1.82) is 0 Å². The highest BCUT2D eigenvalue weighted by molar-refractivity contribution is 5.92. The lowest BCUT2D eigenvalue weighted by molar-refractivity contribution is -0.136. The van der Waals surface area contributed by atoms with Gasteiger partial charge in [-0.1, -0.05) is 27.7 Å². The van der Waals surface area contributed by atoms with Gasteiger partial charge in [-0.2, -0.15) is 0 Å². The van der Waals surface area contributed by atoms with E-state index in [0.717, 1.165) is 0 Å². The third-order valence-corrected chi connectivity index (χ3v) is 6.41. The molecule has 3 saturated carbocycles. The van der Waals surface area contributed by atoms with Gasteiger partial charge >= 0.3 is 0 Å². The molecule has 2 bridgehead atoms. The van der Waals surface area contributed by atoms with E-state index in [1.165, 1.54) is 25.7 Å². The largest absolute Gasteiger partial charge is 0.299 e. The molecule has 0 saturated heterocycles. The first kappa shape index (κ1) is 10.8. The highest BCUT2D eigenvalue weighted by Crippen LogP contribution is 2.70. The SMILES string of the molecule is C[C@@H]1CC[C@@]23C(=O)[C@@H]1C(C)(C)[C@@H]2CC[C@H]3C. The summed E-state index contributed by atoms with van der Waals surface area (Å²) in [4.78, 5) is 12.8. The van der Waals surface area contributed by atoms with Gasteiger partial charge in [0.25, 0.3) is 0 Å². The Bertz CT molecular complexity index is 343. The molecule has 0 heterocycles. The molecule has 0 unspecified atom stereocenters. The first-order chi connectivity index (χ1) is 7.42.